The van der Waals surface area contributed by atoms with Crippen molar-refractivity contribution < 1.29 is 23.1 Å². The van der Waals surface area contributed by atoms with Gasteiger partial charge in [-0.05, 0) is 27.2 Å². The summed E-state index contributed by atoms with van der Waals surface area (Å²) in [5.74, 6) is -1.45. The van der Waals surface area contributed by atoms with Gasteiger partial charge in [0.1, 0.15) is 0 Å². The molecule has 0 spiro atoms. The van der Waals surface area contributed by atoms with Crippen molar-refractivity contribution >= 4 is 21.9 Å². The Hall–Kier alpha value is -1.15. The van der Waals surface area contributed by atoms with Gasteiger partial charge in [-0.15, -0.1) is 0 Å². The van der Waals surface area contributed by atoms with Gasteiger partial charge in [0, 0.05) is 12.6 Å². The van der Waals surface area contributed by atoms with Crippen LogP contribution in [0.3, 0.4) is 0 Å². The third kappa shape index (κ3) is 6.85. The molecule has 0 heterocycles. The maximum absolute atomic E-state index is 12.2. The molecule has 0 aromatic heterocycles. The van der Waals surface area contributed by atoms with E-state index in [0.29, 0.717) is 6.42 Å². The highest BCUT2D eigenvalue weighted by molar-refractivity contribution is 7.89. The lowest BCUT2D eigenvalue weighted by Gasteiger charge is -2.29. The Balaban J connectivity index is 4.76. The zero-order valence-corrected chi connectivity index (χ0v) is 13.2. The zero-order chi connectivity index (χ0) is 15.9. The fourth-order valence-corrected chi connectivity index (χ4v) is 3.03. The number of aliphatic carboxylic acids is 1. The van der Waals surface area contributed by atoms with Gasteiger partial charge in [0.15, 0.2) is 0 Å². The van der Waals surface area contributed by atoms with Crippen molar-refractivity contribution in [3.63, 3.8) is 0 Å². The van der Waals surface area contributed by atoms with E-state index in [9.17, 15) is 18.0 Å². The molecule has 20 heavy (non-hydrogen) atoms. The topological polar surface area (TPSA) is 104 Å². The lowest BCUT2D eigenvalue weighted by atomic mass is 10.2. The molecular formula is C12H24N2O5S. The summed E-state index contributed by atoms with van der Waals surface area (Å²) in [6, 6.07) is -1.09. The maximum atomic E-state index is 12.2. The minimum absolute atomic E-state index is 0.0403. The summed E-state index contributed by atoms with van der Waals surface area (Å²) >= 11 is 0. The van der Waals surface area contributed by atoms with Crippen LogP contribution in [-0.4, -0.2) is 54.7 Å². The predicted molar refractivity (Wildman–Crippen MR) is 75.8 cm³/mol. The number of carboxylic acid groups (broad SMARTS) is 1. The van der Waals surface area contributed by atoms with Crippen LogP contribution in [0, 0.1) is 0 Å². The fourth-order valence-electron chi connectivity index (χ4n) is 1.74. The minimum Gasteiger partial charge on any atom is -0.481 e. The Labute approximate surface area is 120 Å². The van der Waals surface area contributed by atoms with Crippen LogP contribution in [0.25, 0.3) is 0 Å². The summed E-state index contributed by atoms with van der Waals surface area (Å²) in [5, 5.41) is 8.67. The summed E-state index contributed by atoms with van der Waals surface area (Å²) in [4.78, 5) is 24.1. The van der Waals surface area contributed by atoms with Crippen LogP contribution in [0.5, 0.6) is 0 Å². The Morgan fingerprint density at radius 3 is 2.20 bits per heavy atom. The van der Waals surface area contributed by atoms with E-state index in [-0.39, 0.29) is 24.8 Å². The lowest BCUT2D eigenvalue weighted by molar-refractivity contribution is -0.139. The van der Waals surface area contributed by atoms with Crippen molar-refractivity contribution in [1.29, 1.82) is 0 Å². The smallest absolute Gasteiger partial charge is 0.305 e. The van der Waals surface area contributed by atoms with Crippen LogP contribution < -0.4 is 4.72 Å². The quantitative estimate of drug-likeness (QED) is 0.642. The molecule has 0 fully saturated rings. The Morgan fingerprint density at radius 1 is 1.25 bits per heavy atom. The molecule has 1 amide bonds. The predicted octanol–water partition coefficient (Wildman–Crippen LogP) is 0.416. The summed E-state index contributed by atoms with van der Waals surface area (Å²) < 4.78 is 25.6. The number of rotatable bonds is 9. The van der Waals surface area contributed by atoms with Crippen LogP contribution in [0.1, 0.15) is 40.5 Å². The van der Waals surface area contributed by atoms with E-state index in [0.717, 1.165) is 0 Å². The van der Waals surface area contributed by atoms with E-state index in [1.165, 1.54) is 11.8 Å². The first-order valence-electron chi connectivity index (χ1n) is 6.63. The Morgan fingerprint density at radius 2 is 1.80 bits per heavy atom. The molecule has 0 radical (unpaired) electrons. The molecule has 8 heteroatoms. The molecule has 0 aromatic carbocycles. The molecule has 1 atom stereocenters. The van der Waals surface area contributed by atoms with E-state index in [1.54, 1.807) is 20.8 Å². The molecule has 0 aliphatic heterocycles. The van der Waals surface area contributed by atoms with E-state index in [1.807, 2.05) is 0 Å². The van der Waals surface area contributed by atoms with Crippen molar-refractivity contribution in [1.82, 2.24) is 9.62 Å². The number of amides is 1. The normalized spacial score (nSPS) is 13.2. The second-order valence-corrected chi connectivity index (χ2v) is 6.80. The van der Waals surface area contributed by atoms with Gasteiger partial charge < -0.3 is 10.0 Å². The molecule has 1 unspecified atom stereocenters. The van der Waals surface area contributed by atoms with Crippen LogP contribution in [0.2, 0.25) is 0 Å². The van der Waals surface area contributed by atoms with Gasteiger partial charge in [0.25, 0.3) is 0 Å². The van der Waals surface area contributed by atoms with Crippen molar-refractivity contribution in [2.75, 3.05) is 12.3 Å². The standard InChI is InChI=1S/C12H24N2O5S/c1-5-8-20(18,19)13-10(4)12(17)14(9(2)3)7-6-11(15)16/h9-10,13H,5-8H2,1-4H3,(H,15,16). The number of nitrogens with zero attached hydrogens (tertiary/aromatic N) is 1. The van der Waals surface area contributed by atoms with E-state index in [4.69, 9.17) is 5.11 Å². The molecule has 2 N–H and O–H groups in total. The number of hydrogen-bond acceptors (Lipinski definition) is 4. The average Bonchev–Trinajstić information content (AvgIpc) is 2.26. The van der Waals surface area contributed by atoms with Gasteiger partial charge in [-0.25, -0.2) is 13.1 Å². The number of carbonyl (C=O) groups excluding carboxylic acids is 1. The van der Waals surface area contributed by atoms with Crippen LogP contribution in [0.4, 0.5) is 0 Å². The number of hydrogen-bond donors (Lipinski definition) is 2. The third-order valence-electron chi connectivity index (χ3n) is 2.67. The van der Waals surface area contributed by atoms with Crippen LogP contribution >= 0.6 is 0 Å². The Bertz CT molecular complexity index is 433. The molecule has 0 saturated heterocycles. The SMILES string of the molecule is CCCS(=O)(=O)NC(C)C(=O)N(CCC(=O)O)C(C)C. The fraction of sp³-hybridized carbons (Fsp3) is 0.833. The highest BCUT2D eigenvalue weighted by Gasteiger charge is 2.26. The second kappa shape index (κ2) is 8.21. The monoisotopic (exact) mass is 308 g/mol. The van der Waals surface area contributed by atoms with E-state index in [2.05, 4.69) is 4.72 Å². The second-order valence-electron chi connectivity index (χ2n) is 4.93. The van der Waals surface area contributed by atoms with Crippen LogP contribution in [-0.2, 0) is 19.6 Å². The molecular weight excluding hydrogens is 284 g/mol. The third-order valence-corrected chi connectivity index (χ3v) is 4.33. The van der Waals surface area contributed by atoms with Gasteiger partial charge in [-0.3, -0.25) is 9.59 Å². The Kier molecular flexibility index (Phi) is 7.74. The number of nitrogens with one attached hydrogen (secondary N) is 1. The highest BCUT2D eigenvalue weighted by atomic mass is 32.2. The van der Waals surface area contributed by atoms with Crippen molar-refractivity contribution in [3.8, 4) is 0 Å². The van der Waals surface area contributed by atoms with Crippen molar-refractivity contribution in [2.45, 2.75) is 52.6 Å². The molecule has 0 aliphatic rings. The number of sulfonamides is 1. The van der Waals surface area contributed by atoms with Gasteiger partial charge in [-0.1, -0.05) is 6.92 Å². The first-order chi connectivity index (χ1) is 9.10. The highest BCUT2D eigenvalue weighted by Crippen LogP contribution is 2.05. The molecule has 0 rings (SSSR count). The minimum atomic E-state index is -3.48. The summed E-state index contributed by atoms with van der Waals surface area (Å²) in [5.41, 5.74) is 0. The largest absolute Gasteiger partial charge is 0.481 e. The van der Waals surface area contributed by atoms with Gasteiger partial charge in [0.2, 0.25) is 15.9 Å². The molecule has 0 aromatic rings. The molecule has 7 nitrogen and oxygen atoms in total. The van der Waals surface area contributed by atoms with Gasteiger partial charge in [0.05, 0.1) is 18.2 Å². The van der Waals surface area contributed by atoms with E-state index < -0.39 is 27.9 Å². The zero-order valence-electron chi connectivity index (χ0n) is 12.4. The molecule has 0 saturated carbocycles. The van der Waals surface area contributed by atoms with E-state index >= 15 is 0 Å². The van der Waals surface area contributed by atoms with Crippen molar-refractivity contribution in [3.05, 3.63) is 0 Å². The molecule has 0 bridgehead atoms. The summed E-state index contributed by atoms with van der Waals surface area (Å²) in [6.45, 7) is 6.77. The first-order valence-corrected chi connectivity index (χ1v) is 8.28. The van der Waals surface area contributed by atoms with Crippen molar-refractivity contribution in [2.24, 2.45) is 0 Å². The summed E-state index contributed by atoms with van der Waals surface area (Å²) in [6.07, 6.45) is 0.293. The summed E-state index contributed by atoms with van der Waals surface area (Å²) in [7, 11) is -3.48. The molecule has 118 valence electrons. The number of carboxylic acids is 1. The van der Waals surface area contributed by atoms with Gasteiger partial charge in [-0.2, -0.15) is 0 Å². The molecule has 0 aliphatic carbocycles. The maximum Gasteiger partial charge on any atom is 0.305 e. The van der Waals surface area contributed by atoms with Crippen LogP contribution in [0.15, 0.2) is 0 Å². The number of carbonyl (C=O) groups is 2. The lowest BCUT2D eigenvalue weighted by Crippen LogP contribution is -2.50. The first kappa shape index (κ1) is 18.9. The average molecular weight is 308 g/mol. The van der Waals surface area contributed by atoms with Gasteiger partial charge >= 0.3 is 5.97 Å².